The molecule has 3 aromatic rings. The van der Waals surface area contributed by atoms with E-state index in [2.05, 4.69) is 15.3 Å². The largest absolute Gasteiger partial charge is 1.00 e. The Kier molecular flexibility index (Phi) is 5.22. The van der Waals surface area contributed by atoms with E-state index in [0.717, 1.165) is 16.3 Å². The second kappa shape index (κ2) is 7.14. The molecule has 6 nitrogen and oxygen atoms in total. The number of fused-ring (bicyclic) bond motifs is 1. The summed E-state index contributed by atoms with van der Waals surface area (Å²) in [6.45, 7) is 0.565. The number of aromatic carboxylic acids is 1. The number of nitrogens with zero attached hydrogens (tertiary/aromatic N) is 2. The minimum atomic E-state index is -1.24. The Labute approximate surface area is 144 Å². The molecule has 0 spiro atoms. The molecule has 3 N–H and O–H groups in total. The molecule has 0 aliphatic rings. The van der Waals surface area contributed by atoms with Gasteiger partial charge in [0.1, 0.15) is 11.6 Å². The Balaban J connectivity index is 0.00000192. The molecule has 23 heavy (non-hydrogen) atoms. The van der Waals surface area contributed by atoms with Crippen LogP contribution in [-0.4, -0.2) is 15.9 Å². The van der Waals surface area contributed by atoms with E-state index in [4.69, 9.17) is 5.73 Å². The molecule has 110 valence electrons. The first-order chi connectivity index (χ1) is 10.6. The van der Waals surface area contributed by atoms with Gasteiger partial charge in [0.2, 0.25) is 0 Å². The molecule has 0 fully saturated rings. The van der Waals surface area contributed by atoms with Gasteiger partial charge in [0.15, 0.2) is 0 Å². The number of benzene rings is 1. The van der Waals surface area contributed by atoms with Crippen LogP contribution in [0.4, 0.5) is 11.6 Å². The Hall–Kier alpha value is -2.55. The number of nitrogen functional groups attached to an aromatic ring is 1. The van der Waals surface area contributed by atoms with Gasteiger partial charge in [0.05, 0.1) is 5.97 Å². The molecule has 7 heteroatoms. The van der Waals surface area contributed by atoms with Crippen LogP contribution in [-0.2, 0) is 6.54 Å². The number of hydrogen-bond acceptors (Lipinski definition) is 6. The fourth-order valence-corrected chi connectivity index (χ4v) is 2.17. The van der Waals surface area contributed by atoms with Crippen LogP contribution in [0, 0.1) is 0 Å². The number of nitrogens with two attached hydrogens (primary N) is 1. The third-order valence-electron chi connectivity index (χ3n) is 3.33. The summed E-state index contributed by atoms with van der Waals surface area (Å²) in [5.74, 6) is -0.129. The standard InChI is InChI=1S/C16H14N4O2.Li/c17-15-13-3-1-10(7-11(13)5-6-18-15)8-19-14-4-2-12(9-20-14)16(21)22;/h1-7,9H,8H2,(H2,17,18)(H,19,20)(H,21,22);/q;+1/p-1. The number of carbonyl (C=O) groups excluding carboxylic acids is 1. The first-order valence-corrected chi connectivity index (χ1v) is 6.68. The molecule has 1 aromatic carbocycles. The van der Waals surface area contributed by atoms with Gasteiger partial charge >= 0.3 is 18.9 Å². The molecule has 3 rings (SSSR count). The summed E-state index contributed by atoms with van der Waals surface area (Å²) in [4.78, 5) is 18.7. The quantitative estimate of drug-likeness (QED) is 0.551. The van der Waals surface area contributed by atoms with E-state index in [1.807, 2.05) is 24.3 Å². The molecule has 0 bridgehead atoms. The summed E-state index contributed by atoms with van der Waals surface area (Å²) in [7, 11) is 0. The molecule has 0 unspecified atom stereocenters. The van der Waals surface area contributed by atoms with Crippen molar-refractivity contribution in [2.24, 2.45) is 0 Å². The van der Waals surface area contributed by atoms with Crippen LogP contribution in [0.5, 0.6) is 0 Å². The van der Waals surface area contributed by atoms with Crippen molar-refractivity contribution in [1.82, 2.24) is 9.97 Å². The molecule has 2 aromatic heterocycles. The fourth-order valence-electron chi connectivity index (χ4n) is 2.17. The number of pyridine rings is 2. The number of carbonyl (C=O) groups is 1. The zero-order valence-corrected chi connectivity index (χ0v) is 12.6. The SMILES string of the molecule is Nc1nccc2cc(CNc3ccc(C(=O)[O-])cn3)ccc12.[Li+]. The van der Waals surface area contributed by atoms with Crippen molar-refractivity contribution in [3.05, 3.63) is 59.9 Å². The Morgan fingerprint density at radius 2 is 2.00 bits per heavy atom. The van der Waals surface area contributed by atoms with Crippen molar-refractivity contribution in [3.63, 3.8) is 0 Å². The molecule has 0 radical (unpaired) electrons. The summed E-state index contributed by atoms with van der Waals surface area (Å²) in [6, 6.07) is 10.9. The molecular formula is C16H13LiN4O2. The van der Waals surface area contributed by atoms with Crippen LogP contribution in [0.1, 0.15) is 15.9 Å². The maximum atomic E-state index is 10.7. The molecule has 0 saturated carbocycles. The third kappa shape index (κ3) is 3.80. The van der Waals surface area contributed by atoms with Crippen molar-refractivity contribution in [3.8, 4) is 0 Å². The van der Waals surface area contributed by atoms with Crippen LogP contribution in [0.15, 0.2) is 48.8 Å². The average molecular weight is 300 g/mol. The second-order valence-electron chi connectivity index (χ2n) is 4.82. The van der Waals surface area contributed by atoms with Gasteiger partial charge in [-0.15, -0.1) is 0 Å². The first kappa shape index (κ1) is 16.8. The van der Waals surface area contributed by atoms with Crippen molar-refractivity contribution in [2.45, 2.75) is 6.54 Å². The zero-order chi connectivity index (χ0) is 15.5. The fraction of sp³-hybridized carbons (Fsp3) is 0.0625. The number of carboxylic acid groups (broad SMARTS) is 1. The van der Waals surface area contributed by atoms with E-state index >= 15 is 0 Å². The summed E-state index contributed by atoms with van der Waals surface area (Å²) < 4.78 is 0. The van der Waals surface area contributed by atoms with E-state index < -0.39 is 5.97 Å². The van der Waals surface area contributed by atoms with Crippen LogP contribution in [0.2, 0.25) is 0 Å². The Morgan fingerprint density at radius 1 is 1.17 bits per heavy atom. The van der Waals surface area contributed by atoms with Gasteiger partial charge in [-0.05, 0) is 35.2 Å². The number of carboxylic acids is 1. The molecule has 2 heterocycles. The van der Waals surface area contributed by atoms with E-state index in [0.29, 0.717) is 18.2 Å². The minimum absolute atomic E-state index is 0. The summed E-state index contributed by atoms with van der Waals surface area (Å²) >= 11 is 0. The average Bonchev–Trinajstić information content (AvgIpc) is 2.53. The minimum Gasteiger partial charge on any atom is -0.545 e. The molecule has 0 atom stereocenters. The van der Waals surface area contributed by atoms with Crippen LogP contribution < -0.4 is 35.0 Å². The maximum absolute atomic E-state index is 10.7. The smallest absolute Gasteiger partial charge is 0.545 e. The monoisotopic (exact) mass is 300 g/mol. The van der Waals surface area contributed by atoms with Crippen molar-refractivity contribution in [2.75, 3.05) is 11.1 Å². The van der Waals surface area contributed by atoms with Gasteiger partial charge < -0.3 is 21.0 Å². The van der Waals surface area contributed by atoms with Crippen molar-refractivity contribution >= 4 is 28.4 Å². The van der Waals surface area contributed by atoms with Crippen molar-refractivity contribution < 1.29 is 28.8 Å². The van der Waals surface area contributed by atoms with Crippen LogP contribution in [0.3, 0.4) is 0 Å². The first-order valence-electron chi connectivity index (χ1n) is 6.68. The van der Waals surface area contributed by atoms with Gasteiger partial charge in [-0.2, -0.15) is 0 Å². The number of rotatable bonds is 4. The maximum Gasteiger partial charge on any atom is 1.00 e. The third-order valence-corrected chi connectivity index (χ3v) is 3.33. The van der Waals surface area contributed by atoms with E-state index in [1.165, 1.54) is 12.3 Å². The van der Waals surface area contributed by atoms with Crippen LogP contribution in [0.25, 0.3) is 10.8 Å². The van der Waals surface area contributed by atoms with Gasteiger partial charge in [0.25, 0.3) is 0 Å². The molecular weight excluding hydrogens is 287 g/mol. The van der Waals surface area contributed by atoms with Gasteiger partial charge in [-0.1, -0.05) is 12.1 Å². The molecule has 0 saturated heterocycles. The second-order valence-corrected chi connectivity index (χ2v) is 4.82. The number of aromatic nitrogens is 2. The summed E-state index contributed by atoms with van der Waals surface area (Å²) in [6.07, 6.45) is 2.94. The normalized spacial score (nSPS) is 10.1. The topological polar surface area (TPSA) is 104 Å². The zero-order valence-electron chi connectivity index (χ0n) is 12.6. The van der Waals surface area contributed by atoms with E-state index in [1.54, 1.807) is 12.3 Å². The van der Waals surface area contributed by atoms with E-state index in [9.17, 15) is 9.90 Å². The summed E-state index contributed by atoms with van der Waals surface area (Å²) in [5.41, 5.74) is 6.93. The number of anilines is 2. The number of nitrogens with one attached hydrogen (secondary N) is 1. The van der Waals surface area contributed by atoms with Crippen molar-refractivity contribution in [1.29, 1.82) is 0 Å². The van der Waals surface area contributed by atoms with Gasteiger partial charge in [-0.3, -0.25) is 0 Å². The van der Waals surface area contributed by atoms with Crippen LogP contribution >= 0.6 is 0 Å². The summed E-state index contributed by atoms with van der Waals surface area (Å²) in [5, 5.41) is 15.7. The molecule has 0 amide bonds. The van der Waals surface area contributed by atoms with E-state index in [-0.39, 0.29) is 24.4 Å². The van der Waals surface area contributed by atoms with Gasteiger partial charge in [-0.25, -0.2) is 9.97 Å². The molecule has 0 aliphatic carbocycles. The Bertz CT molecular complexity index is 837. The van der Waals surface area contributed by atoms with Gasteiger partial charge in [0, 0.05) is 29.9 Å². The predicted molar refractivity (Wildman–Crippen MR) is 82.0 cm³/mol. The molecule has 0 aliphatic heterocycles. The predicted octanol–water partition coefficient (Wildman–Crippen LogP) is -1.81. The number of hydrogen-bond donors (Lipinski definition) is 2. The Morgan fingerprint density at radius 3 is 2.70 bits per heavy atom.